The second kappa shape index (κ2) is 7.39. The Bertz CT molecular complexity index is 678. The maximum Gasteiger partial charge on any atom is 0.317 e. The smallest absolute Gasteiger partial charge is 0.317 e. The molecule has 2 aromatic rings. The molecule has 0 aromatic heterocycles. The number of anilines is 1. The zero-order chi connectivity index (χ0) is 16.9. The Morgan fingerprint density at radius 2 is 1.58 bits per heavy atom. The van der Waals surface area contributed by atoms with E-state index in [0.29, 0.717) is 0 Å². The third-order valence-electron chi connectivity index (χ3n) is 4.66. The number of urea groups is 1. The van der Waals surface area contributed by atoms with Crippen molar-refractivity contribution in [3.8, 4) is 0 Å². The number of aryl methyl sites for hydroxylation is 1. The van der Waals surface area contributed by atoms with Gasteiger partial charge in [-0.1, -0.05) is 48.5 Å². The Labute approximate surface area is 144 Å². The number of hydrogen-bond donors (Lipinski definition) is 1. The maximum absolute atomic E-state index is 12.5. The zero-order valence-corrected chi connectivity index (χ0v) is 14.4. The van der Waals surface area contributed by atoms with Crippen LogP contribution in [0.3, 0.4) is 0 Å². The topological polar surface area (TPSA) is 35.6 Å². The summed E-state index contributed by atoms with van der Waals surface area (Å²) in [7, 11) is 0. The molecule has 1 heterocycles. The van der Waals surface area contributed by atoms with Gasteiger partial charge in [-0.3, -0.25) is 0 Å². The monoisotopic (exact) mass is 323 g/mol. The molecular formula is C20H25N3O. The van der Waals surface area contributed by atoms with E-state index in [9.17, 15) is 4.79 Å². The molecule has 0 radical (unpaired) electrons. The van der Waals surface area contributed by atoms with E-state index < -0.39 is 0 Å². The van der Waals surface area contributed by atoms with Gasteiger partial charge in [0.15, 0.2) is 0 Å². The average molecular weight is 323 g/mol. The Kier molecular flexibility index (Phi) is 5.04. The largest absolute Gasteiger partial charge is 0.368 e. The van der Waals surface area contributed by atoms with Crippen LogP contribution in [-0.2, 0) is 0 Å². The third-order valence-corrected chi connectivity index (χ3v) is 4.66. The predicted octanol–water partition coefficient (Wildman–Crippen LogP) is 3.59. The van der Waals surface area contributed by atoms with E-state index in [2.05, 4.69) is 41.4 Å². The van der Waals surface area contributed by atoms with Crippen LogP contribution < -0.4 is 10.2 Å². The second-order valence-electron chi connectivity index (χ2n) is 6.34. The van der Waals surface area contributed by atoms with Crippen molar-refractivity contribution in [2.24, 2.45) is 0 Å². The van der Waals surface area contributed by atoms with E-state index in [1.807, 2.05) is 42.2 Å². The van der Waals surface area contributed by atoms with Crippen molar-refractivity contribution >= 4 is 11.7 Å². The van der Waals surface area contributed by atoms with E-state index >= 15 is 0 Å². The van der Waals surface area contributed by atoms with Gasteiger partial charge in [0.25, 0.3) is 0 Å². The van der Waals surface area contributed by atoms with Crippen LogP contribution in [0.5, 0.6) is 0 Å². The standard InChI is InChI=1S/C20H25N3O/c1-16-8-6-7-11-19(16)22-12-14-23(15-13-22)20(24)21-17(2)18-9-4-3-5-10-18/h3-11,17H,12-15H2,1-2H3,(H,21,24). The van der Waals surface area contributed by atoms with Gasteiger partial charge in [-0.25, -0.2) is 4.79 Å². The molecule has 1 fully saturated rings. The van der Waals surface area contributed by atoms with Gasteiger partial charge < -0.3 is 15.1 Å². The number of amides is 2. The molecular weight excluding hydrogens is 298 g/mol. The summed E-state index contributed by atoms with van der Waals surface area (Å²) in [6.07, 6.45) is 0. The number of carbonyl (C=O) groups is 1. The fraction of sp³-hybridized carbons (Fsp3) is 0.350. The fourth-order valence-corrected chi connectivity index (χ4v) is 3.17. The lowest BCUT2D eigenvalue weighted by molar-refractivity contribution is 0.191. The highest BCUT2D eigenvalue weighted by atomic mass is 16.2. The quantitative estimate of drug-likeness (QED) is 0.937. The second-order valence-corrected chi connectivity index (χ2v) is 6.34. The molecule has 3 rings (SSSR count). The lowest BCUT2D eigenvalue weighted by Crippen LogP contribution is -2.52. The van der Waals surface area contributed by atoms with Crippen molar-refractivity contribution in [3.05, 3.63) is 65.7 Å². The molecule has 24 heavy (non-hydrogen) atoms. The van der Waals surface area contributed by atoms with Crippen LogP contribution in [0.15, 0.2) is 54.6 Å². The first kappa shape index (κ1) is 16.4. The summed E-state index contributed by atoms with van der Waals surface area (Å²) in [4.78, 5) is 16.8. The van der Waals surface area contributed by atoms with Crippen LogP contribution in [0.2, 0.25) is 0 Å². The van der Waals surface area contributed by atoms with Crippen LogP contribution >= 0.6 is 0 Å². The minimum Gasteiger partial charge on any atom is -0.368 e. The van der Waals surface area contributed by atoms with Crippen molar-refractivity contribution in [2.75, 3.05) is 31.1 Å². The van der Waals surface area contributed by atoms with Crippen molar-refractivity contribution in [1.29, 1.82) is 0 Å². The number of nitrogens with one attached hydrogen (secondary N) is 1. The van der Waals surface area contributed by atoms with Crippen molar-refractivity contribution in [1.82, 2.24) is 10.2 Å². The molecule has 0 spiro atoms. The van der Waals surface area contributed by atoms with Gasteiger partial charge in [-0.2, -0.15) is 0 Å². The number of piperazine rings is 1. The molecule has 4 nitrogen and oxygen atoms in total. The van der Waals surface area contributed by atoms with Crippen LogP contribution in [0, 0.1) is 6.92 Å². The number of hydrogen-bond acceptors (Lipinski definition) is 2. The molecule has 1 N–H and O–H groups in total. The minimum absolute atomic E-state index is 0.0214. The third kappa shape index (κ3) is 3.70. The van der Waals surface area contributed by atoms with Crippen LogP contribution in [0.25, 0.3) is 0 Å². The molecule has 1 atom stereocenters. The van der Waals surface area contributed by atoms with E-state index in [-0.39, 0.29) is 12.1 Å². The van der Waals surface area contributed by atoms with Crippen molar-refractivity contribution < 1.29 is 4.79 Å². The molecule has 4 heteroatoms. The van der Waals surface area contributed by atoms with Crippen LogP contribution in [0.4, 0.5) is 10.5 Å². The van der Waals surface area contributed by atoms with Gasteiger partial charge in [-0.15, -0.1) is 0 Å². The molecule has 2 aromatic carbocycles. The van der Waals surface area contributed by atoms with Gasteiger partial charge in [0.05, 0.1) is 6.04 Å². The van der Waals surface area contributed by atoms with Gasteiger partial charge in [0, 0.05) is 31.9 Å². The number of rotatable bonds is 3. The first-order valence-electron chi connectivity index (χ1n) is 8.56. The molecule has 0 bridgehead atoms. The zero-order valence-electron chi connectivity index (χ0n) is 14.4. The van der Waals surface area contributed by atoms with E-state index in [0.717, 1.165) is 31.7 Å². The first-order chi connectivity index (χ1) is 11.6. The normalized spacial score (nSPS) is 15.9. The summed E-state index contributed by atoms with van der Waals surface area (Å²) in [5, 5.41) is 3.10. The van der Waals surface area contributed by atoms with Crippen LogP contribution in [-0.4, -0.2) is 37.1 Å². The summed E-state index contributed by atoms with van der Waals surface area (Å²) in [5.74, 6) is 0. The SMILES string of the molecule is Cc1ccccc1N1CCN(C(=O)NC(C)c2ccccc2)CC1. The lowest BCUT2D eigenvalue weighted by Gasteiger charge is -2.37. The summed E-state index contributed by atoms with van der Waals surface area (Å²) < 4.78 is 0. The highest BCUT2D eigenvalue weighted by molar-refractivity contribution is 5.75. The molecule has 1 aliphatic rings. The van der Waals surface area contributed by atoms with Gasteiger partial charge in [0.2, 0.25) is 0 Å². The Balaban J connectivity index is 1.55. The van der Waals surface area contributed by atoms with Crippen LogP contribution in [0.1, 0.15) is 24.1 Å². The fourth-order valence-electron chi connectivity index (χ4n) is 3.17. The van der Waals surface area contributed by atoms with E-state index in [4.69, 9.17) is 0 Å². The van der Waals surface area contributed by atoms with Crippen molar-refractivity contribution in [3.63, 3.8) is 0 Å². The molecule has 2 amide bonds. The number of para-hydroxylation sites is 1. The van der Waals surface area contributed by atoms with Crippen molar-refractivity contribution in [2.45, 2.75) is 19.9 Å². The molecule has 0 saturated carbocycles. The molecule has 126 valence electrons. The highest BCUT2D eigenvalue weighted by Gasteiger charge is 2.23. The number of carbonyl (C=O) groups excluding carboxylic acids is 1. The van der Waals surface area contributed by atoms with E-state index in [1.54, 1.807) is 0 Å². The molecule has 1 saturated heterocycles. The summed E-state index contributed by atoms with van der Waals surface area (Å²) in [5.41, 5.74) is 3.69. The number of benzene rings is 2. The average Bonchev–Trinajstić information content (AvgIpc) is 2.63. The first-order valence-corrected chi connectivity index (χ1v) is 8.56. The summed E-state index contributed by atoms with van der Waals surface area (Å²) >= 11 is 0. The molecule has 1 unspecified atom stereocenters. The molecule has 0 aliphatic carbocycles. The van der Waals surface area contributed by atoms with Gasteiger partial charge in [0.1, 0.15) is 0 Å². The van der Waals surface area contributed by atoms with Gasteiger partial charge >= 0.3 is 6.03 Å². The lowest BCUT2D eigenvalue weighted by atomic mass is 10.1. The Hall–Kier alpha value is -2.49. The van der Waals surface area contributed by atoms with E-state index in [1.165, 1.54) is 11.3 Å². The summed E-state index contributed by atoms with van der Waals surface area (Å²) in [6, 6.07) is 18.5. The Morgan fingerprint density at radius 1 is 0.958 bits per heavy atom. The predicted molar refractivity (Wildman–Crippen MR) is 98.4 cm³/mol. The summed E-state index contributed by atoms with van der Waals surface area (Å²) in [6.45, 7) is 7.41. The minimum atomic E-state index is 0.0214. The molecule has 1 aliphatic heterocycles. The maximum atomic E-state index is 12.5. The Morgan fingerprint density at radius 3 is 2.25 bits per heavy atom. The van der Waals surface area contributed by atoms with Gasteiger partial charge in [-0.05, 0) is 31.0 Å². The number of nitrogens with zero attached hydrogens (tertiary/aromatic N) is 2. The highest BCUT2D eigenvalue weighted by Crippen LogP contribution is 2.21.